The molecule has 0 aromatic heterocycles. The number of aliphatic hydroxyl groups excluding tert-OH is 1. The molecule has 1 fully saturated rings. The Balaban J connectivity index is 1.69. The zero-order valence-corrected chi connectivity index (χ0v) is 12.8. The van der Waals surface area contributed by atoms with E-state index in [1.54, 1.807) is 36.2 Å². The zero-order valence-electron chi connectivity index (χ0n) is 12.8. The van der Waals surface area contributed by atoms with Gasteiger partial charge in [-0.05, 0) is 37.6 Å². The Kier molecular flexibility index (Phi) is 5.59. The van der Waals surface area contributed by atoms with Crippen molar-refractivity contribution in [3.05, 3.63) is 29.8 Å². The van der Waals surface area contributed by atoms with Crippen LogP contribution < -0.4 is 4.74 Å². The average molecular weight is 292 g/mol. The number of carbonyl (C=O) groups excluding carboxylic acids is 1. The number of aliphatic hydroxyl groups is 1. The first kappa shape index (κ1) is 15.8. The van der Waals surface area contributed by atoms with Gasteiger partial charge in [-0.25, -0.2) is 0 Å². The normalized spacial score (nSPS) is 14.3. The average Bonchev–Trinajstić information content (AvgIpc) is 3.35. The molecule has 2 rings (SSSR count). The third-order valence-corrected chi connectivity index (χ3v) is 3.85. The summed E-state index contributed by atoms with van der Waals surface area (Å²) in [6, 6.07) is 7.82. The van der Waals surface area contributed by atoms with Gasteiger partial charge >= 0.3 is 0 Å². The number of amides is 1. The third kappa shape index (κ3) is 5.02. The van der Waals surface area contributed by atoms with E-state index in [0.29, 0.717) is 5.75 Å². The van der Waals surface area contributed by atoms with Gasteiger partial charge in [-0.2, -0.15) is 0 Å². The molecule has 0 bridgehead atoms. The molecule has 5 nitrogen and oxygen atoms in total. The minimum Gasteiger partial charge on any atom is -0.484 e. The summed E-state index contributed by atoms with van der Waals surface area (Å²) < 4.78 is 5.47. The maximum absolute atomic E-state index is 12.0. The molecule has 0 radical (unpaired) electrons. The molecule has 0 saturated heterocycles. The molecule has 1 aromatic carbocycles. The van der Waals surface area contributed by atoms with Crippen LogP contribution in [-0.2, 0) is 11.4 Å². The SMILES string of the molecule is CN(CCN(C)C1CC1)C(=O)COc1ccc(CO)cc1. The second-order valence-corrected chi connectivity index (χ2v) is 5.62. The van der Waals surface area contributed by atoms with Crippen LogP contribution in [0.25, 0.3) is 0 Å². The third-order valence-electron chi connectivity index (χ3n) is 3.85. The molecule has 1 aliphatic rings. The molecular weight excluding hydrogens is 268 g/mol. The molecule has 1 saturated carbocycles. The molecule has 1 N–H and O–H groups in total. The highest BCUT2D eigenvalue weighted by Crippen LogP contribution is 2.24. The monoisotopic (exact) mass is 292 g/mol. The molecule has 5 heteroatoms. The van der Waals surface area contributed by atoms with Gasteiger partial charge in [0, 0.05) is 26.2 Å². The maximum Gasteiger partial charge on any atom is 0.260 e. The zero-order chi connectivity index (χ0) is 15.2. The fraction of sp³-hybridized carbons (Fsp3) is 0.562. The van der Waals surface area contributed by atoms with Crippen LogP contribution in [0.15, 0.2) is 24.3 Å². The fourth-order valence-electron chi connectivity index (χ4n) is 2.08. The Bertz CT molecular complexity index is 457. The number of likely N-dealkylation sites (N-methyl/N-ethyl adjacent to an activating group) is 2. The lowest BCUT2D eigenvalue weighted by Gasteiger charge is -2.22. The van der Waals surface area contributed by atoms with Crippen LogP contribution in [0.1, 0.15) is 18.4 Å². The van der Waals surface area contributed by atoms with Crippen LogP contribution in [0.4, 0.5) is 0 Å². The number of rotatable bonds is 8. The van der Waals surface area contributed by atoms with Crippen molar-refractivity contribution in [2.75, 3.05) is 33.8 Å². The van der Waals surface area contributed by atoms with Crippen LogP contribution in [0, 0.1) is 0 Å². The van der Waals surface area contributed by atoms with Crippen molar-refractivity contribution in [3.63, 3.8) is 0 Å². The predicted octanol–water partition coefficient (Wildman–Crippen LogP) is 1.11. The van der Waals surface area contributed by atoms with Gasteiger partial charge in [0.15, 0.2) is 6.61 Å². The van der Waals surface area contributed by atoms with Gasteiger partial charge in [-0.15, -0.1) is 0 Å². The van der Waals surface area contributed by atoms with Gasteiger partial charge in [0.05, 0.1) is 6.61 Å². The van der Waals surface area contributed by atoms with Gasteiger partial charge < -0.3 is 19.6 Å². The Morgan fingerprint density at radius 3 is 2.48 bits per heavy atom. The first-order valence-corrected chi connectivity index (χ1v) is 7.37. The summed E-state index contributed by atoms with van der Waals surface area (Å²) in [7, 11) is 3.91. The van der Waals surface area contributed by atoms with Crippen LogP contribution >= 0.6 is 0 Å². The largest absolute Gasteiger partial charge is 0.484 e. The van der Waals surface area contributed by atoms with E-state index in [0.717, 1.165) is 24.7 Å². The van der Waals surface area contributed by atoms with E-state index in [-0.39, 0.29) is 19.1 Å². The Hall–Kier alpha value is -1.59. The van der Waals surface area contributed by atoms with Crippen molar-refractivity contribution in [3.8, 4) is 5.75 Å². The van der Waals surface area contributed by atoms with E-state index >= 15 is 0 Å². The molecule has 0 spiro atoms. The van der Waals surface area contributed by atoms with E-state index in [1.165, 1.54) is 12.8 Å². The lowest BCUT2D eigenvalue weighted by molar-refractivity contribution is -0.132. The van der Waals surface area contributed by atoms with Crippen molar-refractivity contribution < 1.29 is 14.6 Å². The van der Waals surface area contributed by atoms with Crippen LogP contribution in [-0.4, -0.2) is 60.6 Å². The van der Waals surface area contributed by atoms with Gasteiger partial charge in [0.2, 0.25) is 0 Å². The van der Waals surface area contributed by atoms with Gasteiger partial charge in [-0.1, -0.05) is 12.1 Å². The van der Waals surface area contributed by atoms with E-state index in [2.05, 4.69) is 11.9 Å². The molecule has 0 aliphatic heterocycles. The lowest BCUT2D eigenvalue weighted by Crippen LogP contribution is -2.37. The topological polar surface area (TPSA) is 53.0 Å². The Morgan fingerprint density at radius 1 is 1.24 bits per heavy atom. The summed E-state index contributed by atoms with van der Waals surface area (Å²) in [6.07, 6.45) is 2.56. The highest BCUT2D eigenvalue weighted by atomic mass is 16.5. The van der Waals surface area contributed by atoms with Crippen LogP contribution in [0.2, 0.25) is 0 Å². The standard InChI is InChI=1S/C16H24N2O3/c1-17(14-5-6-14)9-10-18(2)16(20)12-21-15-7-3-13(11-19)4-8-15/h3-4,7-8,14,19H,5-6,9-12H2,1-2H3. The number of nitrogens with zero attached hydrogens (tertiary/aromatic N) is 2. The highest BCUT2D eigenvalue weighted by Gasteiger charge is 2.26. The van der Waals surface area contributed by atoms with E-state index in [1.807, 2.05) is 0 Å². The fourth-order valence-corrected chi connectivity index (χ4v) is 2.08. The van der Waals surface area contributed by atoms with Crippen molar-refractivity contribution in [1.29, 1.82) is 0 Å². The summed E-state index contributed by atoms with van der Waals surface area (Å²) >= 11 is 0. The number of hydrogen-bond donors (Lipinski definition) is 1. The van der Waals surface area contributed by atoms with E-state index in [9.17, 15) is 4.79 Å². The summed E-state index contributed by atoms with van der Waals surface area (Å²) in [6.45, 7) is 1.68. The predicted molar refractivity (Wildman–Crippen MR) is 81.1 cm³/mol. The number of carbonyl (C=O) groups is 1. The second-order valence-electron chi connectivity index (χ2n) is 5.62. The molecular formula is C16H24N2O3. The van der Waals surface area contributed by atoms with Crippen molar-refractivity contribution in [1.82, 2.24) is 9.80 Å². The number of benzene rings is 1. The van der Waals surface area contributed by atoms with Crippen molar-refractivity contribution in [2.45, 2.75) is 25.5 Å². The molecule has 1 aliphatic carbocycles. The molecule has 21 heavy (non-hydrogen) atoms. The van der Waals surface area contributed by atoms with Crippen molar-refractivity contribution >= 4 is 5.91 Å². The minimum atomic E-state index is -0.0227. The first-order chi connectivity index (χ1) is 10.1. The number of ether oxygens (including phenoxy) is 1. The Morgan fingerprint density at radius 2 is 1.90 bits per heavy atom. The van der Waals surface area contributed by atoms with E-state index in [4.69, 9.17) is 9.84 Å². The van der Waals surface area contributed by atoms with Crippen molar-refractivity contribution in [2.24, 2.45) is 0 Å². The smallest absolute Gasteiger partial charge is 0.260 e. The molecule has 116 valence electrons. The minimum absolute atomic E-state index is 0.0104. The molecule has 0 unspecified atom stereocenters. The van der Waals surface area contributed by atoms with Crippen LogP contribution in [0.3, 0.4) is 0 Å². The quantitative estimate of drug-likeness (QED) is 0.780. The Labute approximate surface area is 126 Å². The maximum atomic E-state index is 12.0. The molecule has 1 aromatic rings. The first-order valence-electron chi connectivity index (χ1n) is 7.37. The summed E-state index contributed by atoms with van der Waals surface area (Å²) in [5.74, 6) is 0.620. The molecule has 1 amide bonds. The lowest BCUT2D eigenvalue weighted by atomic mass is 10.2. The summed E-state index contributed by atoms with van der Waals surface area (Å²) in [5, 5.41) is 8.96. The summed E-state index contributed by atoms with van der Waals surface area (Å²) in [5.41, 5.74) is 0.828. The highest BCUT2D eigenvalue weighted by molar-refractivity contribution is 5.77. The van der Waals surface area contributed by atoms with Gasteiger partial charge in [-0.3, -0.25) is 4.79 Å². The summed E-state index contributed by atoms with van der Waals surface area (Å²) in [4.78, 5) is 16.0. The van der Waals surface area contributed by atoms with Gasteiger partial charge in [0.1, 0.15) is 5.75 Å². The van der Waals surface area contributed by atoms with E-state index < -0.39 is 0 Å². The van der Waals surface area contributed by atoms with Gasteiger partial charge in [0.25, 0.3) is 5.91 Å². The molecule has 0 atom stereocenters. The molecule has 0 heterocycles. The van der Waals surface area contributed by atoms with Crippen LogP contribution in [0.5, 0.6) is 5.75 Å². The number of hydrogen-bond acceptors (Lipinski definition) is 4. The second kappa shape index (κ2) is 7.43.